The van der Waals surface area contributed by atoms with Crippen LogP contribution in [0.25, 0.3) is 11.1 Å². The first-order valence-electron chi connectivity index (χ1n) is 7.91. The number of carbonyl (C=O) groups is 1. The number of aliphatic imine (C=N–C) groups is 1. The molecule has 0 bridgehead atoms. The molecule has 0 unspecified atom stereocenters. The molecule has 1 N–H and O–H groups in total. The van der Waals surface area contributed by atoms with Crippen molar-refractivity contribution in [3.05, 3.63) is 89.2 Å². The van der Waals surface area contributed by atoms with Crippen LogP contribution in [-0.2, 0) is 6.42 Å². The van der Waals surface area contributed by atoms with Crippen LogP contribution in [-0.4, -0.2) is 16.8 Å². The predicted molar refractivity (Wildman–Crippen MR) is 95.1 cm³/mol. The van der Waals surface area contributed by atoms with Gasteiger partial charge in [0.2, 0.25) is 0 Å². The third-order valence-electron chi connectivity index (χ3n) is 4.37. The smallest absolute Gasteiger partial charge is 0.336 e. The zero-order valence-electron chi connectivity index (χ0n) is 13.2. The topological polar surface area (TPSA) is 49.7 Å². The van der Waals surface area contributed by atoms with Gasteiger partial charge in [0.25, 0.3) is 0 Å². The van der Waals surface area contributed by atoms with Crippen molar-refractivity contribution in [2.45, 2.75) is 6.42 Å². The van der Waals surface area contributed by atoms with Crippen molar-refractivity contribution in [2.75, 3.05) is 0 Å². The maximum Gasteiger partial charge on any atom is 0.336 e. The fourth-order valence-electron chi connectivity index (χ4n) is 3.13. The van der Waals surface area contributed by atoms with Crippen LogP contribution in [0, 0.1) is 5.82 Å². The number of nitrogens with zero attached hydrogens (tertiary/aromatic N) is 1. The monoisotopic (exact) mass is 331 g/mol. The highest BCUT2D eigenvalue weighted by Crippen LogP contribution is 2.33. The molecule has 0 atom stereocenters. The molecule has 0 fully saturated rings. The molecule has 3 nitrogen and oxygen atoms in total. The average Bonchev–Trinajstić information content (AvgIpc) is 3.06. The van der Waals surface area contributed by atoms with Gasteiger partial charge in [0, 0.05) is 12.0 Å². The van der Waals surface area contributed by atoms with Gasteiger partial charge in [0.15, 0.2) is 0 Å². The SMILES string of the molecule is O=C(O)c1cccc2c1CC(c1ccc(-c3ccccc3)cc1F)=N2. The van der Waals surface area contributed by atoms with Crippen LogP contribution in [0.4, 0.5) is 10.1 Å². The third kappa shape index (κ3) is 2.72. The number of halogens is 1. The van der Waals surface area contributed by atoms with Crippen molar-refractivity contribution in [1.82, 2.24) is 0 Å². The van der Waals surface area contributed by atoms with Gasteiger partial charge in [-0.1, -0.05) is 42.5 Å². The molecule has 0 saturated heterocycles. The van der Waals surface area contributed by atoms with Gasteiger partial charge < -0.3 is 5.11 Å². The molecule has 0 radical (unpaired) electrons. The Balaban J connectivity index is 1.70. The summed E-state index contributed by atoms with van der Waals surface area (Å²) in [5, 5.41) is 9.30. The van der Waals surface area contributed by atoms with Gasteiger partial charge >= 0.3 is 5.97 Å². The molecule has 4 rings (SSSR count). The van der Waals surface area contributed by atoms with E-state index < -0.39 is 5.97 Å². The number of carboxylic acids is 1. The number of aromatic carboxylic acids is 1. The van der Waals surface area contributed by atoms with E-state index in [-0.39, 0.29) is 11.4 Å². The zero-order chi connectivity index (χ0) is 17.4. The van der Waals surface area contributed by atoms with E-state index in [0.29, 0.717) is 28.9 Å². The molecule has 0 aromatic heterocycles. The van der Waals surface area contributed by atoms with E-state index in [1.165, 1.54) is 6.07 Å². The highest BCUT2D eigenvalue weighted by Gasteiger charge is 2.23. The van der Waals surface area contributed by atoms with E-state index in [9.17, 15) is 14.3 Å². The molecule has 122 valence electrons. The molecule has 0 saturated carbocycles. The van der Waals surface area contributed by atoms with Crippen LogP contribution in [0.3, 0.4) is 0 Å². The maximum atomic E-state index is 14.7. The van der Waals surface area contributed by atoms with Gasteiger partial charge in [-0.05, 0) is 41.0 Å². The summed E-state index contributed by atoms with van der Waals surface area (Å²) in [5.41, 5.74) is 4.16. The van der Waals surface area contributed by atoms with Crippen LogP contribution in [0.5, 0.6) is 0 Å². The quantitative estimate of drug-likeness (QED) is 0.744. The van der Waals surface area contributed by atoms with Crippen molar-refractivity contribution in [3.63, 3.8) is 0 Å². The summed E-state index contributed by atoms with van der Waals surface area (Å²) in [6.07, 6.45) is 0.319. The summed E-state index contributed by atoms with van der Waals surface area (Å²) in [6.45, 7) is 0. The van der Waals surface area contributed by atoms with Crippen molar-refractivity contribution in [3.8, 4) is 11.1 Å². The molecule has 0 amide bonds. The van der Waals surface area contributed by atoms with Crippen molar-refractivity contribution in [2.24, 2.45) is 4.99 Å². The number of hydrogen-bond acceptors (Lipinski definition) is 2. The molecule has 0 spiro atoms. The van der Waals surface area contributed by atoms with Gasteiger partial charge in [-0.25, -0.2) is 9.18 Å². The van der Waals surface area contributed by atoms with Gasteiger partial charge in [-0.2, -0.15) is 0 Å². The largest absolute Gasteiger partial charge is 0.478 e. The summed E-state index contributed by atoms with van der Waals surface area (Å²) in [4.78, 5) is 15.8. The van der Waals surface area contributed by atoms with Gasteiger partial charge in [-0.3, -0.25) is 4.99 Å². The Morgan fingerprint density at radius 3 is 2.48 bits per heavy atom. The van der Waals surface area contributed by atoms with E-state index in [2.05, 4.69) is 4.99 Å². The zero-order valence-corrected chi connectivity index (χ0v) is 13.2. The minimum atomic E-state index is -0.992. The molecule has 1 aliphatic rings. The second kappa shape index (κ2) is 5.98. The lowest BCUT2D eigenvalue weighted by Crippen LogP contribution is -2.07. The summed E-state index contributed by atoms with van der Waals surface area (Å²) in [7, 11) is 0. The Hall–Kier alpha value is -3.27. The van der Waals surface area contributed by atoms with Crippen LogP contribution in [0.1, 0.15) is 21.5 Å². The normalized spacial score (nSPS) is 12.6. The fraction of sp³-hybridized carbons (Fsp3) is 0.0476. The van der Waals surface area contributed by atoms with E-state index in [0.717, 1.165) is 11.1 Å². The van der Waals surface area contributed by atoms with Crippen LogP contribution in [0.2, 0.25) is 0 Å². The second-order valence-corrected chi connectivity index (χ2v) is 5.90. The first-order chi connectivity index (χ1) is 12.1. The van der Waals surface area contributed by atoms with E-state index >= 15 is 0 Å². The van der Waals surface area contributed by atoms with Gasteiger partial charge in [0.1, 0.15) is 5.82 Å². The molecule has 4 heteroatoms. The molecule has 1 heterocycles. The Morgan fingerprint density at radius 2 is 1.76 bits per heavy atom. The summed E-state index contributed by atoms with van der Waals surface area (Å²) < 4.78 is 14.7. The highest BCUT2D eigenvalue weighted by molar-refractivity contribution is 6.09. The third-order valence-corrected chi connectivity index (χ3v) is 4.37. The lowest BCUT2D eigenvalue weighted by Gasteiger charge is -2.07. The number of hydrogen-bond donors (Lipinski definition) is 1. The van der Waals surface area contributed by atoms with Crippen molar-refractivity contribution >= 4 is 17.4 Å². The predicted octanol–water partition coefficient (Wildman–Crippen LogP) is 4.87. The first-order valence-corrected chi connectivity index (χ1v) is 7.91. The van der Waals surface area contributed by atoms with Crippen molar-refractivity contribution < 1.29 is 14.3 Å². The average molecular weight is 331 g/mol. The van der Waals surface area contributed by atoms with E-state index in [1.54, 1.807) is 24.3 Å². The Bertz CT molecular complexity index is 1010. The Kier molecular flexibility index (Phi) is 3.65. The minimum Gasteiger partial charge on any atom is -0.478 e. The molecule has 25 heavy (non-hydrogen) atoms. The summed E-state index contributed by atoms with van der Waals surface area (Å²) >= 11 is 0. The maximum absolute atomic E-state index is 14.7. The molecule has 1 aliphatic heterocycles. The lowest BCUT2D eigenvalue weighted by molar-refractivity contribution is 0.0696. The number of fused-ring (bicyclic) bond motifs is 1. The Labute approximate surface area is 144 Å². The minimum absolute atomic E-state index is 0.220. The fourth-order valence-corrected chi connectivity index (χ4v) is 3.13. The van der Waals surface area contributed by atoms with Gasteiger partial charge in [-0.15, -0.1) is 0 Å². The number of benzene rings is 3. The molecule has 3 aromatic carbocycles. The second-order valence-electron chi connectivity index (χ2n) is 5.90. The molecule has 3 aromatic rings. The van der Waals surface area contributed by atoms with E-state index in [4.69, 9.17) is 0 Å². The molecular formula is C21H14FNO2. The standard InChI is InChI=1S/C21H14FNO2/c22-18-11-14(13-5-2-1-3-6-13)9-10-16(18)20-12-17-15(21(24)25)7-4-8-19(17)23-20/h1-11H,12H2,(H,24,25). The summed E-state index contributed by atoms with van der Waals surface area (Å²) in [6, 6.07) is 19.6. The van der Waals surface area contributed by atoms with Crippen molar-refractivity contribution in [1.29, 1.82) is 0 Å². The lowest BCUT2D eigenvalue weighted by atomic mass is 9.97. The summed E-state index contributed by atoms with van der Waals surface area (Å²) in [5.74, 6) is -1.35. The molecular weight excluding hydrogens is 317 g/mol. The number of carboxylic acid groups (broad SMARTS) is 1. The van der Waals surface area contributed by atoms with Crippen LogP contribution in [0.15, 0.2) is 71.7 Å². The van der Waals surface area contributed by atoms with E-state index in [1.807, 2.05) is 36.4 Å². The highest BCUT2D eigenvalue weighted by atomic mass is 19.1. The van der Waals surface area contributed by atoms with Gasteiger partial charge in [0.05, 0.1) is 17.0 Å². The Morgan fingerprint density at radius 1 is 0.960 bits per heavy atom. The van der Waals surface area contributed by atoms with Crippen LogP contribution >= 0.6 is 0 Å². The van der Waals surface area contributed by atoms with Crippen LogP contribution < -0.4 is 0 Å². The first kappa shape index (κ1) is 15.3. The number of rotatable bonds is 3. The molecule has 0 aliphatic carbocycles.